The van der Waals surface area contributed by atoms with E-state index in [4.69, 9.17) is 4.42 Å². The molecule has 23 heavy (non-hydrogen) atoms. The van der Waals surface area contributed by atoms with Crippen LogP contribution in [0.3, 0.4) is 0 Å². The number of aromatic nitrogens is 1. The highest BCUT2D eigenvalue weighted by Crippen LogP contribution is 2.08. The summed E-state index contributed by atoms with van der Waals surface area (Å²) in [5.41, 5.74) is 0.858. The molecule has 0 saturated carbocycles. The van der Waals surface area contributed by atoms with Crippen LogP contribution in [-0.4, -0.2) is 44.7 Å². The lowest BCUT2D eigenvalue weighted by atomic mass is 10.4. The van der Waals surface area contributed by atoms with Gasteiger partial charge in [-0.3, -0.25) is 0 Å². The van der Waals surface area contributed by atoms with E-state index in [-0.39, 0.29) is 29.7 Å². The second-order valence-electron chi connectivity index (χ2n) is 4.67. The summed E-state index contributed by atoms with van der Waals surface area (Å²) in [4.78, 5) is 8.61. The molecule has 0 aliphatic rings. The van der Waals surface area contributed by atoms with Crippen LogP contribution in [0.25, 0.3) is 0 Å². The fraction of sp³-hybridized carbons (Fsp3) is 0.692. The SMILES string of the molecule is CCNC(=NCc1nc(C)c(C)o1)NCCNS(=O)(=O)CC.I. The number of hydrogen-bond donors (Lipinski definition) is 3. The van der Waals surface area contributed by atoms with E-state index in [2.05, 4.69) is 25.3 Å². The lowest BCUT2D eigenvalue weighted by Gasteiger charge is -2.11. The monoisotopic (exact) mass is 459 g/mol. The van der Waals surface area contributed by atoms with Crippen LogP contribution in [0.2, 0.25) is 0 Å². The maximum absolute atomic E-state index is 11.3. The number of guanidine groups is 1. The summed E-state index contributed by atoms with van der Waals surface area (Å²) in [5, 5.41) is 6.13. The van der Waals surface area contributed by atoms with Gasteiger partial charge in [0.25, 0.3) is 0 Å². The topological polar surface area (TPSA) is 109 Å². The summed E-state index contributed by atoms with van der Waals surface area (Å²) < 4.78 is 30.6. The van der Waals surface area contributed by atoms with Gasteiger partial charge in [-0.2, -0.15) is 0 Å². The molecule has 0 aliphatic heterocycles. The zero-order valence-electron chi connectivity index (χ0n) is 14.0. The Labute approximate surface area is 155 Å². The maximum atomic E-state index is 11.3. The first-order chi connectivity index (χ1) is 10.4. The molecule has 0 spiro atoms. The van der Waals surface area contributed by atoms with Gasteiger partial charge in [-0.15, -0.1) is 24.0 Å². The summed E-state index contributed by atoms with van der Waals surface area (Å²) in [5.74, 6) is 2.01. The van der Waals surface area contributed by atoms with Crippen LogP contribution in [0.5, 0.6) is 0 Å². The minimum atomic E-state index is -3.16. The van der Waals surface area contributed by atoms with Gasteiger partial charge in [0.2, 0.25) is 15.9 Å². The zero-order chi connectivity index (χ0) is 16.6. The fourth-order valence-electron chi connectivity index (χ4n) is 1.58. The van der Waals surface area contributed by atoms with Gasteiger partial charge < -0.3 is 15.1 Å². The highest BCUT2D eigenvalue weighted by molar-refractivity contribution is 14.0. The second kappa shape index (κ2) is 10.8. The Morgan fingerprint density at radius 2 is 1.91 bits per heavy atom. The molecule has 1 aromatic heterocycles. The lowest BCUT2D eigenvalue weighted by Crippen LogP contribution is -2.41. The average Bonchev–Trinajstić information content (AvgIpc) is 2.79. The molecule has 1 heterocycles. The Bertz CT molecular complexity index is 581. The summed E-state index contributed by atoms with van der Waals surface area (Å²) in [6.07, 6.45) is 0. The highest BCUT2D eigenvalue weighted by atomic mass is 127. The first-order valence-corrected chi connectivity index (χ1v) is 8.95. The predicted molar refractivity (Wildman–Crippen MR) is 102 cm³/mol. The number of oxazole rings is 1. The van der Waals surface area contributed by atoms with Gasteiger partial charge in [-0.1, -0.05) is 0 Å². The van der Waals surface area contributed by atoms with E-state index in [0.717, 1.165) is 11.5 Å². The molecule has 1 aromatic rings. The smallest absolute Gasteiger partial charge is 0.216 e. The molecule has 3 N–H and O–H groups in total. The lowest BCUT2D eigenvalue weighted by molar-refractivity contribution is 0.473. The Kier molecular flexibility index (Phi) is 10.4. The van der Waals surface area contributed by atoms with Gasteiger partial charge >= 0.3 is 0 Å². The summed E-state index contributed by atoms with van der Waals surface area (Å²) in [6.45, 7) is 9.07. The van der Waals surface area contributed by atoms with Crippen molar-refractivity contribution in [3.05, 3.63) is 17.3 Å². The molecule has 0 bridgehead atoms. The van der Waals surface area contributed by atoms with E-state index in [1.807, 2.05) is 20.8 Å². The van der Waals surface area contributed by atoms with Crippen LogP contribution >= 0.6 is 24.0 Å². The van der Waals surface area contributed by atoms with Crippen LogP contribution in [0.1, 0.15) is 31.2 Å². The normalized spacial score (nSPS) is 11.9. The molecule has 0 aromatic carbocycles. The van der Waals surface area contributed by atoms with Gasteiger partial charge in [-0.05, 0) is 27.7 Å². The Balaban J connectivity index is 0.00000484. The molecule has 0 radical (unpaired) electrons. The van der Waals surface area contributed by atoms with Crippen molar-refractivity contribution in [2.24, 2.45) is 4.99 Å². The number of aliphatic imine (C=N–C) groups is 1. The number of sulfonamides is 1. The van der Waals surface area contributed by atoms with Crippen molar-refractivity contribution >= 4 is 40.0 Å². The van der Waals surface area contributed by atoms with Gasteiger partial charge in [0.05, 0.1) is 11.4 Å². The van der Waals surface area contributed by atoms with E-state index in [0.29, 0.717) is 38.0 Å². The molecule has 10 heteroatoms. The van der Waals surface area contributed by atoms with E-state index in [9.17, 15) is 8.42 Å². The number of hydrogen-bond acceptors (Lipinski definition) is 5. The molecule has 0 aliphatic carbocycles. The third-order valence-electron chi connectivity index (χ3n) is 2.91. The number of halogens is 1. The zero-order valence-corrected chi connectivity index (χ0v) is 17.1. The van der Waals surface area contributed by atoms with E-state index in [1.54, 1.807) is 6.92 Å². The number of nitrogens with one attached hydrogen (secondary N) is 3. The Morgan fingerprint density at radius 1 is 1.22 bits per heavy atom. The first kappa shape index (κ1) is 22.1. The molecule has 0 atom stereocenters. The van der Waals surface area contributed by atoms with Crippen molar-refractivity contribution in [1.82, 2.24) is 20.3 Å². The van der Waals surface area contributed by atoms with Crippen LogP contribution in [0.4, 0.5) is 0 Å². The summed E-state index contributed by atoms with van der Waals surface area (Å²) >= 11 is 0. The van der Waals surface area contributed by atoms with Crippen LogP contribution < -0.4 is 15.4 Å². The first-order valence-electron chi connectivity index (χ1n) is 7.30. The van der Waals surface area contributed by atoms with Crippen molar-refractivity contribution < 1.29 is 12.8 Å². The van der Waals surface area contributed by atoms with Crippen LogP contribution in [0, 0.1) is 13.8 Å². The fourth-order valence-corrected chi connectivity index (χ4v) is 2.20. The van der Waals surface area contributed by atoms with Crippen molar-refractivity contribution in [1.29, 1.82) is 0 Å². The summed E-state index contributed by atoms with van der Waals surface area (Å²) in [7, 11) is -3.16. The molecule has 0 amide bonds. The van der Waals surface area contributed by atoms with Crippen LogP contribution in [0.15, 0.2) is 9.41 Å². The largest absolute Gasteiger partial charge is 0.444 e. The van der Waals surface area contributed by atoms with E-state index < -0.39 is 10.0 Å². The third kappa shape index (κ3) is 8.51. The Hall–Kier alpha value is -0.880. The van der Waals surface area contributed by atoms with Crippen molar-refractivity contribution in [2.45, 2.75) is 34.2 Å². The molecular weight excluding hydrogens is 433 g/mol. The minimum absolute atomic E-state index is 0. The van der Waals surface area contributed by atoms with E-state index >= 15 is 0 Å². The standard InChI is InChI=1S/C13H25N5O3S.HI/c1-5-14-13(15-7-8-17-22(19,20)6-2)16-9-12-18-10(3)11(4)21-12;/h17H,5-9H2,1-4H3,(H2,14,15,16);1H. The second-order valence-corrected chi connectivity index (χ2v) is 6.76. The Morgan fingerprint density at radius 3 is 2.43 bits per heavy atom. The van der Waals surface area contributed by atoms with Gasteiger partial charge in [0, 0.05) is 19.6 Å². The summed E-state index contributed by atoms with van der Waals surface area (Å²) in [6, 6.07) is 0. The van der Waals surface area contributed by atoms with E-state index in [1.165, 1.54) is 0 Å². The molecule has 0 fully saturated rings. The quantitative estimate of drug-likeness (QED) is 0.231. The molecule has 134 valence electrons. The van der Waals surface area contributed by atoms with Gasteiger partial charge in [0.15, 0.2) is 5.96 Å². The van der Waals surface area contributed by atoms with Crippen molar-refractivity contribution in [3.63, 3.8) is 0 Å². The molecular formula is C13H26IN5O3S. The number of nitrogens with zero attached hydrogens (tertiary/aromatic N) is 2. The predicted octanol–water partition coefficient (Wildman–Crippen LogP) is 0.904. The number of rotatable bonds is 8. The van der Waals surface area contributed by atoms with Crippen molar-refractivity contribution in [2.75, 3.05) is 25.4 Å². The van der Waals surface area contributed by atoms with Crippen molar-refractivity contribution in [3.8, 4) is 0 Å². The molecule has 0 unspecified atom stereocenters. The highest BCUT2D eigenvalue weighted by Gasteiger charge is 2.07. The van der Waals surface area contributed by atoms with Gasteiger partial charge in [0.1, 0.15) is 12.3 Å². The molecule has 8 nitrogen and oxygen atoms in total. The van der Waals surface area contributed by atoms with Crippen LogP contribution in [-0.2, 0) is 16.6 Å². The number of aryl methyl sites for hydroxylation is 2. The maximum Gasteiger partial charge on any atom is 0.216 e. The molecule has 0 saturated heterocycles. The average molecular weight is 459 g/mol. The van der Waals surface area contributed by atoms with Gasteiger partial charge in [-0.25, -0.2) is 23.1 Å². The minimum Gasteiger partial charge on any atom is -0.444 e. The molecule has 1 rings (SSSR count). The third-order valence-corrected chi connectivity index (χ3v) is 4.31.